The first-order valence-corrected chi connectivity index (χ1v) is 9.74. The van der Waals surface area contributed by atoms with E-state index < -0.39 is 5.54 Å². The highest BCUT2D eigenvalue weighted by Gasteiger charge is 2.55. The highest BCUT2D eigenvalue weighted by Crippen LogP contribution is 2.60. The predicted octanol–water partition coefficient (Wildman–Crippen LogP) is 5.11. The lowest BCUT2D eigenvalue weighted by molar-refractivity contribution is -0.110. The van der Waals surface area contributed by atoms with Gasteiger partial charge in [-0.05, 0) is 36.8 Å². The second-order valence-corrected chi connectivity index (χ2v) is 7.88. The maximum absolute atomic E-state index is 12.4. The number of hydrogen-bond acceptors (Lipinski definition) is 3. The summed E-state index contributed by atoms with van der Waals surface area (Å²) in [6.07, 6.45) is 1.97. The number of aromatic nitrogens is 1. The molecule has 3 heterocycles. The first-order chi connectivity index (χ1) is 14.2. The molecule has 0 saturated heterocycles. The molecule has 1 aromatic heterocycles. The fraction of sp³-hybridized carbons (Fsp3) is 0.120. The molecular weight excluding hydrogens is 360 g/mol. The zero-order valence-corrected chi connectivity index (χ0v) is 15.9. The lowest BCUT2D eigenvalue weighted by atomic mass is 9.79. The van der Waals surface area contributed by atoms with Crippen molar-refractivity contribution in [1.29, 1.82) is 0 Å². The van der Waals surface area contributed by atoms with Crippen LogP contribution in [0.2, 0.25) is 0 Å². The third-order valence-corrected chi connectivity index (χ3v) is 6.59. The van der Waals surface area contributed by atoms with Gasteiger partial charge in [0, 0.05) is 16.6 Å². The molecule has 0 bridgehead atoms. The van der Waals surface area contributed by atoms with Crippen molar-refractivity contribution in [2.75, 3.05) is 4.90 Å². The molecule has 4 nitrogen and oxygen atoms in total. The van der Waals surface area contributed by atoms with Crippen LogP contribution >= 0.6 is 0 Å². The minimum Gasteiger partial charge on any atom is -0.327 e. The summed E-state index contributed by atoms with van der Waals surface area (Å²) in [5, 5.41) is 0.913. The van der Waals surface area contributed by atoms with Crippen LogP contribution in [0, 0.1) is 0 Å². The zero-order valence-electron chi connectivity index (χ0n) is 15.9. The summed E-state index contributed by atoms with van der Waals surface area (Å²) >= 11 is 0. The van der Waals surface area contributed by atoms with E-state index in [1.807, 2.05) is 54.6 Å². The van der Waals surface area contributed by atoms with Crippen LogP contribution in [0.3, 0.4) is 0 Å². The molecule has 4 heteroatoms. The van der Waals surface area contributed by atoms with E-state index in [4.69, 9.17) is 0 Å². The van der Waals surface area contributed by atoms with Gasteiger partial charge in [-0.2, -0.15) is 0 Å². The molecular formula is C25H18N2O2. The van der Waals surface area contributed by atoms with Gasteiger partial charge in [-0.15, -0.1) is 0 Å². The van der Waals surface area contributed by atoms with Gasteiger partial charge in [-0.25, -0.2) is 0 Å². The first-order valence-electron chi connectivity index (χ1n) is 9.74. The zero-order chi connectivity index (χ0) is 19.8. The van der Waals surface area contributed by atoms with Gasteiger partial charge in [0.2, 0.25) is 0 Å². The van der Waals surface area contributed by atoms with Gasteiger partial charge in [-0.3, -0.25) is 4.79 Å². The van der Waals surface area contributed by atoms with E-state index in [0.717, 1.165) is 51.8 Å². The second-order valence-electron chi connectivity index (χ2n) is 7.88. The van der Waals surface area contributed by atoms with E-state index in [1.165, 1.54) is 0 Å². The Morgan fingerprint density at radius 1 is 0.828 bits per heavy atom. The molecule has 0 radical (unpaired) electrons. The number of benzene rings is 3. The van der Waals surface area contributed by atoms with Crippen molar-refractivity contribution in [3.8, 4) is 5.69 Å². The maximum atomic E-state index is 12.4. The van der Waals surface area contributed by atoms with Crippen LogP contribution in [0.15, 0.2) is 72.8 Å². The van der Waals surface area contributed by atoms with Crippen molar-refractivity contribution in [2.45, 2.75) is 18.4 Å². The normalized spacial score (nSPS) is 21.3. The average Bonchev–Trinajstić information content (AvgIpc) is 3.24. The number of carbonyl (C=O) groups is 2. The Morgan fingerprint density at radius 2 is 1.48 bits per heavy atom. The molecule has 0 amide bonds. The van der Waals surface area contributed by atoms with Gasteiger partial charge in [0.05, 0.1) is 34.0 Å². The number of fused-ring (bicyclic) bond motifs is 10. The van der Waals surface area contributed by atoms with Gasteiger partial charge in [0.1, 0.15) is 6.29 Å². The van der Waals surface area contributed by atoms with Crippen molar-refractivity contribution in [3.05, 3.63) is 89.6 Å². The van der Waals surface area contributed by atoms with E-state index in [2.05, 4.69) is 34.6 Å². The minimum absolute atomic E-state index is 0.381. The van der Waals surface area contributed by atoms with Gasteiger partial charge >= 0.3 is 0 Å². The first kappa shape index (κ1) is 16.3. The van der Waals surface area contributed by atoms with Crippen molar-refractivity contribution < 1.29 is 9.59 Å². The molecule has 0 fully saturated rings. The van der Waals surface area contributed by atoms with Crippen molar-refractivity contribution in [2.24, 2.45) is 0 Å². The topological polar surface area (TPSA) is 42.3 Å². The Hall–Kier alpha value is -3.66. The molecule has 0 saturated carbocycles. The minimum atomic E-state index is -0.699. The highest BCUT2D eigenvalue weighted by atomic mass is 16.1. The number of hydrogen-bond donors (Lipinski definition) is 0. The quantitative estimate of drug-likeness (QED) is 0.456. The summed E-state index contributed by atoms with van der Waals surface area (Å²) in [6, 6.07) is 24.2. The standard InChI is InChI=1S/C25H18N2O2/c1-25-19(15-29)17-9-3-5-11-21(17)27(25)23-13-7-6-12-22(23)26-20-10-4-2-8-16(20)18(14-28)24(25)26/h2-15,19H,1H3. The van der Waals surface area contributed by atoms with Crippen molar-refractivity contribution in [1.82, 2.24) is 4.57 Å². The summed E-state index contributed by atoms with van der Waals surface area (Å²) in [5.74, 6) is -0.381. The fourth-order valence-corrected chi connectivity index (χ4v) is 5.46. The van der Waals surface area contributed by atoms with Crippen LogP contribution in [-0.4, -0.2) is 17.1 Å². The average molecular weight is 378 g/mol. The smallest absolute Gasteiger partial charge is 0.152 e. The molecule has 29 heavy (non-hydrogen) atoms. The summed E-state index contributed by atoms with van der Waals surface area (Å²) < 4.78 is 2.17. The molecule has 2 aliphatic heterocycles. The number of para-hydroxylation sites is 4. The summed E-state index contributed by atoms with van der Waals surface area (Å²) in [5.41, 5.74) is 5.89. The number of nitrogens with zero attached hydrogens (tertiary/aromatic N) is 2. The molecule has 2 aliphatic rings. The van der Waals surface area contributed by atoms with Crippen LogP contribution < -0.4 is 4.90 Å². The molecule has 4 aromatic rings. The third kappa shape index (κ3) is 1.75. The van der Waals surface area contributed by atoms with E-state index >= 15 is 0 Å². The van der Waals surface area contributed by atoms with Crippen LogP contribution in [0.4, 0.5) is 11.4 Å². The van der Waals surface area contributed by atoms with Crippen LogP contribution in [0.25, 0.3) is 16.6 Å². The largest absolute Gasteiger partial charge is 0.327 e. The molecule has 0 spiro atoms. The molecule has 2 atom stereocenters. The Labute approximate surface area is 168 Å². The Bertz CT molecular complexity index is 1340. The molecule has 6 rings (SSSR count). The van der Waals surface area contributed by atoms with E-state index in [-0.39, 0.29) is 5.92 Å². The lowest BCUT2D eigenvalue weighted by Crippen LogP contribution is -2.46. The van der Waals surface area contributed by atoms with Crippen molar-refractivity contribution >= 4 is 34.9 Å². The molecule has 0 N–H and O–H groups in total. The second kappa shape index (κ2) is 5.45. The van der Waals surface area contributed by atoms with Crippen LogP contribution in [0.1, 0.15) is 34.5 Å². The summed E-state index contributed by atoms with van der Waals surface area (Å²) in [4.78, 5) is 27.0. The maximum Gasteiger partial charge on any atom is 0.152 e. The van der Waals surface area contributed by atoms with Gasteiger partial charge in [0.25, 0.3) is 0 Å². The number of carbonyl (C=O) groups excluding carboxylic acids is 2. The molecule has 0 aliphatic carbocycles. The van der Waals surface area contributed by atoms with Gasteiger partial charge in [0.15, 0.2) is 6.29 Å². The molecule has 140 valence electrons. The van der Waals surface area contributed by atoms with Gasteiger partial charge in [-0.1, -0.05) is 48.5 Å². The SMILES string of the molecule is CC12c3c(C=O)c4ccccc4n3-c3ccccc3N1c1ccccc1C2C=O. The molecule has 2 unspecified atom stereocenters. The summed E-state index contributed by atoms with van der Waals surface area (Å²) in [7, 11) is 0. The monoisotopic (exact) mass is 378 g/mol. The number of rotatable bonds is 2. The third-order valence-electron chi connectivity index (χ3n) is 6.59. The van der Waals surface area contributed by atoms with Crippen molar-refractivity contribution in [3.63, 3.8) is 0 Å². The molecule has 3 aromatic carbocycles. The Morgan fingerprint density at radius 3 is 2.24 bits per heavy atom. The fourth-order valence-electron chi connectivity index (χ4n) is 5.46. The number of aldehydes is 2. The van der Waals surface area contributed by atoms with Gasteiger partial charge < -0.3 is 14.3 Å². The number of anilines is 2. The lowest BCUT2D eigenvalue weighted by Gasteiger charge is -2.45. The summed E-state index contributed by atoms with van der Waals surface area (Å²) in [6.45, 7) is 2.08. The van der Waals surface area contributed by atoms with E-state index in [9.17, 15) is 9.59 Å². The predicted molar refractivity (Wildman–Crippen MR) is 113 cm³/mol. The van der Waals surface area contributed by atoms with E-state index in [0.29, 0.717) is 5.56 Å². The highest BCUT2D eigenvalue weighted by molar-refractivity contribution is 6.04. The Balaban J connectivity index is 1.86. The van der Waals surface area contributed by atoms with E-state index in [1.54, 1.807) is 0 Å². The Kier molecular flexibility index (Phi) is 3.06. The van der Waals surface area contributed by atoms with Crippen LogP contribution in [0.5, 0.6) is 0 Å². The van der Waals surface area contributed by atoms with Crippen LogP contribution in [-0.2, 0) is 10.3 Å².